The summed E-state index contributed by atoms with van der Waals surface area (Å²) in [6.07, 6.45) is 1.19. The third-order valence-corrected chi connectivity index (χ3v) is 4.54. The summed E-state index contributed by atoms with van der Waals surface area (Å²) < 4.78 is 24.0. The fourth-order valence-electron chi connectivity index (χ4n) is 1.70. The quantitative estimate of drug-likeness (QED) is 0.753. The Morgan fingerprint density at radius 3 is 2.47 bits per heavy atom. The molecule has 0 aliphatic carbocycles. The van der Waals surface area contributed by atoms with Crippen LogP contribution < -0.4 is 0 Å². The Morgan fingerprint density at radius 1 is 1.35 bits per heavy atom. The molecule has 1 aromatic rings. The van der Waals surface area contributed by atoms with E-state index in [2.05, 4.69) is 4.98 Å². The molecule has 1 amide bonds. The number of thiazole rings is 1. The zero-order chi connectivity index (χ0) is 12.5. The number of carbonyl (C=O) groups is 1. The summed E-state index contributed by atoms with van der Waals surface area (Å²) >= 11 is 1.37. The highest BCUT2D eigenvalue weighted by atomic mass is 32.2. The molecule has 0 N–H and O–H groups in total. The van der Waals surface area contributed by atoms with Crippen LogP contribution in [0.2, 0.25) is 0 Å². The Labute approximate surface area is 104 Å². The predicted octanol–water partition coefficient (Wildman–Crippen LogP) is -0.139. The second kappa shape index (κ2) is 4.71. The standard InChI is InChI=1S/C9H13N3O3S2/c1-17(14,15)12-4-2-11(3-5-12)9(13)8-6-16-7-10-8/h6-7H,2-5H2,1H3. The van der Waals surface area contributed by atoms with Crippen LogP contribution in [0.5, 0.6) is 0 Å². The Morgan fingerprint density at radius 2 is 2.00 bits per heavy atom. The highest BCUT2D eigenvalue weighted by molar-refractivity contribution is 7.88. The third-order valence-electron chi connectivity index (χ3n) is 2.65. The number of sulfonamides is 1. The minimum atomic E-state index is -3.15. The maximum absolute atomic E-state index is 11.9. The minimum absolute atomic E-state index is 0.126. The van der Waals surface area contributed by atoms with E-state index in [1.54, 1.807) is 15.8 Å². The van der Waals surface area contributed by atoms with Gasteiger partial charge in [0.2, 0.25) is 10.0 Å². The molecule has 1 aromatic heterocycles. The average molecular weight is 275 g/mol. The van der Waals surface area contributed by atoms with Crippen molar-refractivity contribution in [1.82, 2.24) is 14.2 Å². The number of hydrogen-bond acceptors (Lipinski definition) is 5. The lowest BCUT2D eigenvalue weighted by atomic mass is 10.3. The number of rotatable bonds is 2. The molecule has 2 rings (SSSR count). The van der Waals surface area contributed by atoms with E-state index in [4.69, 9.17) is 0 Å². The van der Waals surface area contributed by atoms with Crippen molar-refractivity contribution < 1.29 is 13.2 Å². The largest absolute Gasteiger partial charge is 0.335 e. The van der Waals surface area contributed by atoms with Gasteiger partial charge in [-0.2, -0.15) is 4.31 Å². The summed E-state index contributed by atoms with van der Waals surface area (Å²) in [6.45, 7) is 1.55. The lowest BCUT2D eigenvalue weighted by Crippen LogP contribution is -2.50. The Kier molecular flexibility index (Phi) is 3.45. The molecule has 1 fully saturated rings. The first kappa shape index (κ1) is 12.5. The molecule has 8 heteroatoms. The maximum Gasteiger partial charge on any atom is 0.273 e. The Hall–Kier alpha value is -0.990. The van der Waals surface area contributed by atoms with Crippen molar-refractivity contribution >= 4 is 27.3 Å². The van der Waals surface area contributed by atoms with Crippen molar-refractivity contribution in [2.75, 3.05) is 32.4 Å². The fourth-order valence-corrected chi connectivity index (χ4v) is 3.06. The van der Waals surface area contributed by atoms with Crippen molar-refractivity contribution in [3.05, 3.63) is 16.6 Å². The minimum Gasteiger partial charge on any atom is -0.335 e. The Bertz CT molecular complexity index is 490. The number of nitrogens with zero attached hydrogens (tertiary/aromatic N) is 3. The van der Waals surface area contributed by atoms with Crippen LogP contribution in [-0.4, -0.2) is 60.9 Å². The summed E-state index contributed by atoms with van der Waals surface area (Å²) in [6, 6.07) is 0. The van der Waals surface area contributed by atoms with Crippen molar-refractivity contribution in [3.63, 3.8) is 0 Å². The van der Waals surface area contributed by atoms with Crippen LogP contribution in [-0.2, 0) is 10.0 Å². The van der Waals surface area contributed by atoms with Crippen LogP contribution >= 0.6 is 11.3 Å². The SMILES string of the molecule is CS(=O)(=O)N1CCN(C(=O)c2cscn2)CC1. The van der Waals surface area contributed by atoms with Gasteiger partial charge in [0, 0.05) is 31.6 Å². The van der Waals surface area contributed by atoms with E-state index in [0.717, 1.165) is 0 Å². The monoisotopic (exact) mass is 275 g/mol. The first-order valence-electron chi connectivity index (χ1n) is 5.11. The molecule has 6 nitrogen and oxygen atoms in total. The van der Waals surface area contributed by atoms with Crippen LogP contribution in [0.25, 0.3) is 0 Å². The van der Waals surface area contributed by atoms with Crippen molar-refractivity contribution in [2.24, 2.45) is 0 Å². The second-order valence-corrected chi connectivity index (χ2v) is 6.53. The van der Waals surface area contributed by atoms with Gasteiger partial charge < -0.3 is 4.90 Å². The average Bonchev–Trinajstić information content (AvgIpc) is 2.80. The fraction of sp³-hybridized carbons (Fsp3) is 0.556. The first-order chi connectivity index (χ1) is 7.98. The zero-order valence-corrected chi connectivity index (χ0v) is 11.0. The van der Waals surface area contributed by atoms with Crippen LogP contribution in [0.4, 0.5) is 0 Å². The smallest absolute Gasteiger partial charge is 0.273 e. The van der Waals surface area contributed by atoms with Gasteiger partial charge in [-0.3, -0.25) is 4.79 Å². The molecule has 1 saturated heterocycles. The van der Waals surface area contributed by atoms with Gasteiger partial charge in [0.25, 0.3) is 5.91 Å². The summed E-state index contributed by atoms with van der Waals surface area (Å²) in [5.41, 5.74) is 2.04. The number of amides is 1. The third kappa shape index (κ3) is 2.82. The van der Waals surface area contributed by atoms with Crippen molar-refractivity contribution in [2.45, 2.75) is 0 Å². The molecule has 0 unspecified atom stereocenters. The maximum atomic E-state index is 11.9. The lowest BCUT2D eigenvalue weighted by Gasteiger charge is -2.32. The van der Waals surface area contributed by atoms with Gasteiger partial charge in [0.15, 0.2) is 0 Å². The molecule has 0 bridgehead atoms. The van der Waals surface area contributed by atoms with E-state index in [1.165, 1.54) is 21.9 Å². The molecule has 0 radical (unpaired) electrons. The Balaban J connectivity index is 1.98. The molecule has 0 saturated carbocycles. The molecular formula is C9H13N3O3S2. The molecule has 1 aliphatic rings. The van der Waals surface area contributed by atoms with Crippen molar-refractivity contribution in [1.29, 1.82) is 0 Å². The van der Waals surface area contributed by atoms with Gasteiger partial charge in [-0.25, -0.2) is 13.4 Å². The number of aromatic nitrogens is 1. The van der Waals surface area contributed by atoms with E-state index in [9.17, 15) is 13.2 Å². The molecule has 1 aliphatic heterocycles. The highest BCUT2D eigenvalue weighted by Crippen LogP contribution is 2.10. The van der Waals surface area contributed by atoms with Gasteiger partial charge in [-0.1, -0.05) is 0 Å². The van der Waals surface area contributed by atoms with Crippen LogP contribution in [0.1, 0.15) is 10.5 Å². The summed E-state index contributed by atoms with van der Waals surface area (Å²) in [7, 11) is -3.15. The molecule has 2 heterocycles. The first-order valence-corrected chi connectivity index (χ1v) is 7.90. The topological polar surface area (TPSA) is 70.6 Å². The molecule has 0 spiro atoms. The molecular weight excluding hydrogens is 262 g/mol. The molecule has 0 atom stereocenters. The zero-order valence-electron chi connectivity index (χ0n) is 9.37. The van der Waals surface area contributed by atoms with E-state index in [-0.39, 0.29) is 5.91 Å². The lowest BCUT2D eigenvalue weighted by molar-refractivity contribution is 0.0693. The van der Waals surface area contributed by atoms with Crippen LogP contribution in [0, 0.1) is 0 Å². The molecule has 17 heavy (non-hydrogen) atoms. The molecule has 0 aromatic carbocycles. The van der Waals surface area contributed by atoms with E-state index in [0.29, 0.717) is 31.9 Å². The molecule has 94 valence electrons. The van der Waals surface area contributed by atoms with Crippen LogP contribution in [0.3, 0.4) is 0 Å². The van der Waals surface area contributed by atoms with E-state index in [1.807, 2.05) is 0 Å². The number of piperazine rings is 1. The van der Waals surface area contributed by atoms with E-state index >= 15 is 0 Å². The summed E-state index contributed by atoms with van der Waals surface area (Å²) in [5, 5.41) is 1.70. The normalized spacial score (nSPS) is 18.3. The summed E-state index contributed by atoms with van der Waals surface area (Å²) in [5.74, 6) is -0.126. The predicted molar refractivity (Wildman–Crippen MR) is 64.4 cm³/mol. The van der Waals surface area contributed by atoms with Gasteiger partial charge >= 0.3 is 0 Å². The van der Waals surface area contributed by atoms with Gasteiger partial charge in [0.1, 0.15) is 5.69 Å². The van der Waals surface area contributed by atoms with Crippen LogP contribution in [0.15, 0.2) is 10.9 Å². The second-order valence-electron chi connectivity index (χ2n) is 3.83. The van der Waals surface area contributed by atoms with E-state index < -0.39 is 10.0 Å². The highest BCUT2D eigenvalue weighted by Gasteiger charge is 2.27. The van der Waals surface area contributed by atoms with Gasteiger partial charge in [-0.05, 0) is 0 Å². The summed E-state index contributed by atoms with van der Waals surface area (Å²) in [4.78, 5) is 17.5. The number of hydrogen-bond donors (Lipinski definition) is 0. The van der Waals surface area contributed by atoms with Crippen molar-refractivity contribution in [3.8, 4) is 0 Å². The number of carbonyl (C=O) groups excluding carboxylic acids is 1. The van der Waals surface area contributed by atoms with Gasteiger partial charge in [-0.15, -0.1) is 11.3 Å². The van der Waals surface area contributed by atoms with Gasteiger partial charge in [0.05, 0.1) is 11.8 Å².